The van der Waals surface area contributed by atoms with Gasteiger partial charge in [0.2, 0.25) is 0 Å². The van der Waals surface area contributed by atoms with Crippen LogP contribution in [-0.2, 0) is 37.3 Å². The van der Waals surface area contributed by atoms with Gasteiger partial charge >= 0.3 is 31.3 Å². The van der Waals surface area contributed by atoms with Crippen molar-refractivity contribution in [1.29, 1.82) is 0 Å². The Balaban J connectivity index is -0.000000422. The van der Waals surface area contributed by atoms with Crippen LogP contribution in [0.2, 0.25) is 0 Å². The Bertz CT molecular complexity index is 1040. The Morgan fingerprint density at radius 3 is 0.537 bits per heavy atom. The van der Waals surface area contributed by atoms with Crippen LogP contribution in [-0.4, -0.2) is 56.9 Å². The number of rotatable bonds is 0. The Morgan fingerprint density at radius 2 is 0.512 bits per heavy atom. The molecule has 0 saturated carbocycles. The van der Waals surface area contributed by atoms with Crippen molar-refractivity contribution in [3.63, 3.8) is 0 Å². The minimum Gasteiger partial charge on any atom is -0.279 e. The summed E-state index contributed by atoms with van der Waals surface area (Å²) >= 11 is 0. The van der Waals surface area contributed by atoms with Crippen LogP contribution in [0.15, 0.2) is 122 Å². The molecular formula is C22H22CuF6N4O6S2. The zero-order valence-electron chi connectivity index (χ0n) is 20.2. The molecular weight excluding hydrogens is 658 g/mol. The molecule has 4 rings (SSSR count). The van der Waals surface area contributed by atoms with Crippen molar-refractivity contribution in [2.75, 3.05) is 0 Å². The number of halogens is 6. The molecule has 0 aliphatic carbocycles. The maximum atomic E-state index is 10.7. The van der Waals surface area contributed by atoms with Gasteiger partial charge in [0.1, 0.15) is 0 Å². The normalized spacial score (nSPS) is 10.1. The zero-order valence-corrected chi connectivity index (χ0v) is 22.8. The van der Waals surface area contributed by atoms with Gasteiger partial charge in [-0.15, -0.1) is 0 Å². The topological polar surface area (TPSA) is 160 Å². The molecule has 0 spiro atoms. The maximum absolute atomic E-state index is 10.7. The molecule has 0 bridgehead atoms. The zero-order chi connectivity index (χ0) is 31.0. The largest absolute Gasteiger partial charge is 0.522 e. The number of pyridine rings is 4. The molecule has 1 radical (unpaired) electrons. The van der Waals surface area contributed by atoms with Gasteiger partial charge in [-0.2, -0.15) is 43.2 Å². The first kappa shape index (κ1) is 42.0. The van der Waals surface area contributed by atoms with E-state index in [1.54, 1.807) is 49.6 Å². The summed E-state index contributed by atoms with van der Waals surface area (Å²) in [7, 11) is -11.7. The van der Waals surface area contributed by atoms with E-state index in [4.69, 9.17) is 25.9 Å². The van der Waals surface area contributed by atoms with E-state index in [0.717, 1.165) is 0 Å². The molecule has 4 aromatic rings. The summed E-state index contributed by atoms with van der Waals surface area (Å²) in [5.74, 6) is 0. The van der Waals surface area contributed by atoms with Gasteiger partial charge in [-0.25, -0.2) is 0 Å². The smallest absolute Gasteiger partial charge is 0.279 e. The van der Waals surface area contributed by atoms with Gasteiger partial charge in [0, 0.05) is 66.6 Å². The first-order valence-corrected chi connectivity index (χ1v) is 12.9. The van der Waals surface area contributed by atoms with E-state index in [1.807, 2.05) is 72.8 Å². The van der Waals surface area contributed by atoms with Crippen LogP contribution in [0, 0.1) is 0 Å². The predicted molar refractivity (Wildman–Crippen MR) is 132 cm³/mol. The molecule has 41 heavy (non-hydrogen) atoms. The SMILES string of the molecule is O=S(=O)(O)C(F)(F)F.O=S(=O)(O)C(F)(F)F.[Cu].c1ccncc1.c1ccncc1.c1ccncc1.c1ccncc1. The third kappa shape index (κ3) is 29.3. The van der Waals surface area contributed by atoms with E-state index < -0.39 is 31.3 Å². The molecule has 10 nitrogen and oxygen atoms in total. The van der Waals surface area contributed by atoms with Gasteiger partial charge in [0.05, 0.1) is 0 Å². The second kappa shape index (κ2) is 23.2. The second-order valence-corrected chi connectivity index (χ2v) is 8.77. The van der Waals surface area contributed by atoms with Gasteiger partial charge in [-0.1, -0.05) is 24.3 Å². The van der Waals surface area contributed by atoms with Crippen LogP contribution in [0.25, 0.3) is 0 Å². The Kier molecular flexibility index (Phi) is 23.8. The van der Waals surface area contributed by atoms with Crippen LogP contribution in [0.5, 0.6) is 0 Å². The summed E-state index contributed by atoms with van der Waals surface area (Å²) in [6.45, 7) is 0. The molecule has 19 heteroatoms. The van der Waals surface area contributed by atoms with Crippen molar-refractivity contribution >= 4 is 20.2 Å². The quantitative estimate of drug-likeness (QED) is 0.111. The Labute approximate surface area is 242 Å². The fourth-order valence-corrected chi connectivity index (χ4v) is 1.25. The summed E-state index contributed by atoms with van der Waals surface area (Å²) in [6.07, 6.45) is 14.0. The number of nitrogens with zero attached hydrogens (tertiary/aromatic N) is 4. The summed E-state index contributed by atoms with van der Waals surface area (Å²) < 4.78 is 115. The summed E-state index contributed by atoms with van der Waals surface area (Å²) in [5, 5.41) is 0. The van der Waals surface area contributed by atoms with Crippen LogP contribution in [0.4, 0.5) is 26.3 Å². The molecule has 4 aromatic heterocycles. The third-order valence-electron chi connectivity index (χ3n) is 2.85. The van der Waals surface area contributed by atoms with E-state index >= 15 is 0 Å². The maximum Gasteiger partial charge on any atom is 0.522 e. The van der Waals surface area contributed by atoms with E-state index in [-0.39, 0.29) is 17.1 Å². The van der Waals surface area contributed by atoms with Crippen molar-refractivity contribution in [1.82, 2.24) is 19.9 Å². The van der Waals surface area contributed by atoms with Crippen LogP contribution < -0.4 is 0 Å². The van der Waals surface area contributed by atoms with Crippen molar-refractivity contribution in [3.8, 4) is 0 Å². The summed E-state index contributed by atoms with van der Waals surface area (Å²) in [6, 6.07) is 22.9. The van der Waals surface area contributed by atoms with E-state index in [1.165, 1.54) is 0 Å². The van der Waals surface area contributed by atoms with E-state index in [2.05, 4.69) is 19.9 Å². The van der Waals surface area contributed by atoms with Gasteiger partial charge in [-0.3, -0.25) is 29.0 Å². The monoisotopic (exact) mass is 679 g/mol. The summed E-state index contributed by atoms with van der Waals surface area (Å²) in [5.41, 5.74) is -11.1. The molecule has 0 aliphatic rings. The third-order valence-corrected chi connectivity index (χ3v) is 4.02. The molecule has 0 unspecified atom stereocenters. The number of alkyl halides is 6. The number of hydrogen-bond acceptors (Lipinski definition) is 8. The van der Waals surface area contributed by atoms with Gasteiger partial charge in [-0.05, 0) is 48.5 Å². The van der Waals surface area contributed by atoms with Crippen LogP contribution >= 0.6 is 0 Å². The van der Waals surface area contributed by atoms with Crippen molar-refractivity contribution in [2.45, 2.75) is 11.0 Å². The Morgan fingerprint density at radius 1 is 0.390 bits per heavy atom. The molecule has 0 amide bonds. The van der Waals surface area contributed by atoms with Crippen LogP contribution in [0.3, 0.4) is 0 Å². The molecule has 0 atom stereocenters. The number of aromatic nitrogens is 4. The summed E-state index contributed by atoms with van der Waals surface area (Å²) in [4.78, 5) is 15.1. The number of hydrogen-bond donors (Lipinski definition) is 2. The molecule has 0 aromatic carbocycles. The predicted octanol–water partition coefficient (Wildman–Crippen LogP) is 5.11. The average molecular weight is 680 g/mol. The van der Waals surface area contributed by atoms with Gasteiger partial charge in [0.15, 0.2) is 0 Å². The van der Waals surface area contributed by atoms with E-state index in [0.29, 0.717) is 0 Å². The molecule has 0 aliphatic heterocycles. The minimum absolute atomic E-state index is 0. The first-order valence-electron chi connectivity index (χ1n) is 9.97. The molecule has 4 heterocycles. The fraction of sp³-hybridized carbons (Fsp3) is 0.0909. The van der Waals surface area contributed by atoms with Crippen LogP contribution in [0.1, 0.15) is 0 Å². The standard InChI is InChI=1S/4C5H5N.2CHF3O3S.Cu/c4*1-2-4-6-5-3-1;2*2-1(3,4)8(5,6)7;/h4*1-5H;2*(H,5,6,7);. The van der Waals surface area contributed by atoms with Gasteiger partial charge < -0.3 is 0 Å². The average Bonchev–Trinajstić information content (AvgIpc) is 2.92. The first-order chi connectivity index (χ1) is 18.5. The van der Waals surface area contributed by atoms with Gasteiger partial charge in [0.25, 0.3) is 0 Å². The molecule has 2 N–H and O–H groups in total. The fourth-order valence-electron chi connectivity index (χ4n) is 1.25. The van der Waals surface area contributed by atoms with E-state index in [9.17, 15) is 26.3 Å². The minimum atomic E-state index is -5.84. The van der Waals surface area contributed by atoms with Crippen molar-refractivity contribution in [2.24, 2.45) is 0 Å². The van der Waals surface area contributed by atoms with Crippen molar-refractivity contribution < 1.29 is 69.4 Å². The van der Waals surface area contributed by atoms with Crippen molar-refractivity contribution in [3.05, 3.63) is 122 Å². The molecule has 0 saturated heterocycles. The molecule has 0 fully saturated rings. The Hall–Kier alpha value is -3.48. The second-order valence-electron chi connectivity index (χ2n) is 5.94. The molecule has 231 valence electrons.